The molecule has 1 heterocycles. The number of amides is 4. The quantitative estimate of drug-likeness (QED) is 0.733. The number of likely N-dealkylation sites (N-methyl/N-ethyl adjacent to an activating group) is 1. The second-order valence-corrected chi connectivity index (χ2v) is 5.20. The maximum absolute atomic E-state index is 11.5. The Morgan fingerprint density at radius 1 is 1.50 bits per heavy atom. The van der Waals surface area contributed by atoms with Crippen LogP contribution < -0.4 is 5.32 Å². The molecule has 1 fully saturated rings. The maximum atomic E-state index is 11.5. The number of carbonyl (C=O) groups excluding carboxylic acids is 3. The van der Waals surface area contributed by atoms with Crippen molar-refractivity contribution >= 4 is 33.8 Å². The molecule has 0 aliphatic carbocycles. The van der Waals surface area contributed by atoms with Crippen LogP contribution in [0.15, 0.2) is 11.1 Å². The minimum absolute atomic E-state index is 0.119. The highest BCUT2D eigenvalue weighted by atomic mass is 79.9. The normalized spacial score (nSPS) is 15.2. The van der Waals surface area contributed by atoms with E-state index in [1.54, 1.807) is 7.05 Å². The van der Waals surface area contributed by atoms with Crippen LogP contribution in [0.1, 0.15) is 12.8 Å². The molecule has 0 saturated carbocycles. The highest BCUT2D eigenvalue weighted by Crippen LogP contribution is 2.09. The van der Waals surface area contributed by atoms with E-state index < -0.39 is 0 Å². The fourth-order valence-electron chi connectivity index (χ4n) is 1.57. The number of nitrogens with one attached hydrogen (secondary N) is 1. The van der Waals surface area contributed by atoms with Gasteiger partial charge >= 0.3 is 6.03 Å². The predicted octanol–water partition coefficient (Wildman–Crippen LogP) is 0.685. The molecule has 0 aromatic rings. The number of nitrogens with zero attached hydrogens (tertiary/aromatic N) is 2. The van der Waals surface area contributed by atoms with Crippen LogP contribution in [0.3, 0.4) is 0 Å². The maximum Gasteiger partial charge on any atom is 0.326 e. The fraction of sp³-hybridized carbons (Fsp3) is 0.545. The lowest BCUT2D eigenvalue weighted by Crippen LogP contribution is -2.33. The first-order valence-corrected chi connectivity index (χ1v) is 6.36. The lowest BCUT2D eigenvalue weighted by Gasteiger charge is -2.13. The standard InChI is InChI=1S/C11H16BrN3O3/c1-8(12)6-13-9(16)4-3-5-15-10(17)7-14(2)11(15)18/h1,3-7H2,2H3,(H,13,16). The van der Waals surface area contributed by atoms with Gasteiger partial charge in [-0.3, -0.25) is 14.5 Å². The third kappa shape index (κ3) is 4.14. The van der Waals surface area contributed by atoms with Crippen LogP contribution in [-0.4, -0.2) is 54.3 Å². The van der Waals surface area contributed by atoms with Gasteiger partial charge in [0.2, 0.25) is 11.8 Å². The van der Waals surface area contributed by atoms with Crippen molar-refractivity contribution in [3.05, 3.63) is 11.1 Å². The molecule has 18 heavy (non-hydrogen) atoms. The first-order valence-electron chi connectivity index (χ1n) is 5.57. The van der Waals surface area contributed by atoms with Crippen molar-refractivity contribution in [2.75, 3.05) is 26.7 Å². The second-order valence-electron chi connectivity index (χ2n) is 4.08. The van der Waals surface area contributed by atoms with Crippen LogP contribution >= 0.6 is 15.9 Å². The van der Waals surface area contributed by atoms with Crippen molar-refractivity contribution < 1.29 is 14.4 Å². The van der Waals surface area contributed by atoms with Crippen LogP contribution in [0.5, 0.6) is 0 Å². The minimum atomic E-state index is -0.297. The van der Waals surface area contributed by atoms with Crippen LogP contribution in [0, 0.1) is 0 Å². The zero-order valence-corrected chi connectivity index (χ0v) is 11.8. The molecule has 1 aliphatic rings. The monoisotopic (exact) mass is 317 g/mol. The van der Waals surface area contributed by atoms with Crippen molar-refractivity contribution in [2.24, 2.45) is 0 Å². The summed E-state index contributed by atoms with van der Waals surface area (Å²) in [5.74, 6) is -0.334. The molecule has 1 saturated heterocycles. The molecule has 100 valence electrons. The highest BCUT2D eigenvalue weighted by molar-refractivity contribution is 9.11. The third-order valence-electron chi connectivity index (χ3n) is 2.49. The van der Waals surface area contributed by atoms with E-state index in [2.05, 4.69) is 27.8 Å². The first-order chi connectivity index (χ1) is 8.41. The Labute approximate surface area is 114 Å². The van der Waals surface area contributed by atoms with Crippen LogP contribution in [0.25, 0.3) is 0 Å². The van der Waals surface area contributed by atoms with Gasteiger partial charge in [0.1, 0.15) is 6.54 Å². The average molecular weight is 318 g/mol. The van der Waals surface area contributed by atoms with E-state index in [1.165, 1.54) is 9.80 Å². The molecule has 0 unspecified atom stereocenters. The van der Waals surface area contributed by atoms with E-state index in [1.807, 2.05) is 0 Å². The zero-order chi connectivity index (χ0) is 13.7. The SMILES string of the molecule is C=C(Br)CNC(=O)CCCN1C(=O)CN(C)C1=O. The molecule has 0 bridgehead atoms. The van der Waals surface area contributed by atoms with E-state index in [0.29, 0.717) is 17.4 Å². The lowest BCUT2D eigenvalue weighted by atomic mass is 10.3. The Bertz CT molecular complexity index is 384. The van der Waals surface area contributed by atoms with E-state index in [9.17, 15) is 14.4 Å². The minimum Gasteiger partial charge on any atom is -0.352 e. The molecule has 1 rings (SSSR count). The molecule has 1 N–H and O–H groups in total. The number of imide groups is 1. The number of rotatable bonds is 6. The first kappa shape index (κ1) is 14.7. The molecule has 1 aliphatic heterocycles. The Hall–Kier alpha value is -1.37. The fourth-order valence-corrected chi connectivity index (χ4v) is 1.71. The van der Waals surface area contributed by atoms with Gasteiger partial charge in [0.25, 0.3) is 0 Å². The molecular formula is C11H16BrN3O3. The van der Waals surface area contributed by atoms with Gasteiger partial charge in [0.05, 0.1) is 0 Å². The van der Waals surface area contributed by atoms with Crippen molar-refractivity contribution in [3.63, 3.8) is 0 Å². The molecular weight excluding hydrogens is 302 g/mol. The van der Waals surface area contributed by atoms with Crippen LogP contribution in [-0.2, 0) is 9.59 Å². The van der Waals surface area contributed by atoms with Gasteiger partial charge < -0.3 is 10.2 Å². The Morgan fingerprint density at radius 3 is 2.67 bits per heavy atom. The van der Waals surface area contributed by atoms with Gasteiger partial charge in [-0.15, -0.1) is 0 Å². The summed E-state index contributed by atoms with van der Waals surface area (Å²) < 4.78 is 0.697. The summed E-state index contributed by atoms with van der Waals surface area (Å²) in [7, 11) is 1.58. The largest absolute Gasteiger partial charge is 0.352 e. The van der Waals surface area contributed by atoms with Gasteiger partial charge in [-0.1, -0.05) is 22.5 Å². The molecule has 0 aromatic carbocycles. The Balaban J connectivity index is 2.25. The summed E-state index contributed by atoms with van der Waals surface area (Å²) in [4.78, 5) is 36.9. The molecule has 7 heteroatoms. The summed E-state index contributed by atoms with van der Waals surface area (Å²) in [6.07, 6.45) is 0.743. The molecule has 6 nitrogen and oxygen atoms in total. The molecule has 0 spiro atoms. The Kier molecular flexibility index (Phi) is 5.33. The van der Waals surface area contributed by atoms with Crippen LogP contribution in [0.2, 0.25) is 0 Å². The molecule has 0 aromatic heterocycles. The summed E-state index contributed by atoms with van der Waals surface area (Å²) >= 11 is 3.14. The number of urea groups is 1. The van der Waals surface area contributed by atoms with E-state index >= 15 is 0 Å². The smallest absolute Gasteiger partial charge is 0.326 e. The van der Waals surface area contributed by atoms with Crippen molar-refractivity contribution in [1.29, 1.82) is 0 Å². The second kappa shape index (κ2) is 6.53. The van der Waals surface area contributed by atoms with Crippen molar-refractivity contribution in [1.82, 2.24) is 15.1 Å². The lowest BCUT2D eigenvalue weighted by molar-refractivity contribution is -0.126. The summed E-state index contributed by atoms with van der Waals surface area (Å²) in [5.41, 5.74) is 0. The molecule has 0 radical (unpaired) electrons. The predicted molar refractivity (Wildman–Crippen MR) is 70.0 cm³/mol. The van der Waals surface area contributed by atoms with Gasteiger partial charge in [-0.05, 0) is 6.42 Å². The van der Waals surface area contributed by atoms with Gasteiger partial charge in [-0.25, -0.2) is 4.79 Å². The average Bonchev–Trinajstić information content (AvgIpc) is 2.53. The van der Waals surface area contributed by atoms with Crippen molar-refractivity contribution in [2.45, 2.75) is 12.8 Å². The third-order valence-corrected chi connectivity index (χ3v) is 2.77. The summed E-state index contributed by atoms with van der Waals surface area (Å²) in [6.45, 7) is 4.38. The van der Waals surface area contributed by atoms with Gasteiger partial charge in [0.15, 0.2) is 0 Å². The van der Waals surface area contributed by atoms with E-state index in [0.717, 1.165) is 0 Å². The summed E-state index contributed by atoms with van der Waals surface area (Å²) in [6, 6.07) is -0.297. The molecule has 4 amide bonds. The summed E-state index contributed by atoms with van der Waals surface area (Å²) in [5, 5.41) is 2.65. The van der Waals surface area contributed by atoms with Crippen LogP contribution in [0.4, 0.5) is 4.79 Å². The highest BCUT2D eigenvalue weighted by Gasteiger charge is 2.32. The van der Waals surface area contributed by atoms with E-state index in [-0.39, 0.29) is 37.4 Å². The number of hydrogen-bond donors (Lipinski definition) is 1. The van der Waals surface area contributed by atoms with Gasteiger partial charge in [0, 0.05) is 31.0 Å². The van der Waals surface area contributed by atoms with Gasteiger partial charge in [-0.2, -0.15) is 0 Å². The zero-order valence-electron chi connectivity index (χ0n) is 10.2. The van der Waals surface area contributed by atoms with Crippen molar-refractivity contribution in [3.8, 4) is 0 Å². The number of carbonyl (C=O) groups is 3. The van der Waals surface area contributed by atoms with E-state index in [4.69, 9.17) is 0 Å². The topological polar surface area (TPSA) is 69.7 Å². The number of hydrogen-bond acceptors (Lipinski definition) is 3. The molecule has 0 atom stereocenters. The number of halogens is 1. The Morgan fingerprint density at radius 2 is 2.17 bits per heavy atom.